The molecule has 2 aromatic rings. The number of carbonyl (C=O) groups excluding carboxylic acids is 2. The summed E-state index contributed by atoms with van der Waals surface area (Å²) in [6, 6.07) is 9.88. The Bertz CT molecular complexity index is 924. The van der Waals surface area contributed by atoms with Gasteiger partial charge in [0.15, 0.2) is 0 Å². The van der Waals surface area contributed by atoms with Gasteiger partial charge in [-0.05, 0) is 18.2 Å². The largest absolute Gasteiger partial charge is 1.00 e. The molecule has 1 N–H and O–H groups in total. The minimum Gasteiger partial charge on any atom is -0.481 e. The van der Waals surface area contributed by atoms with Crippen LogP contribution in [0.25, 0.3) is 0 Å². The Morgan fingerprint density at radius 3 is 2.27 bits per heavy atom. The van der Waals surface area contributed by atoms with Gasteiger partial charge >= 0.3 is 41.5 Å². The predicted molar refractivity (Wildman–Crippen MR) is 84.3 cm³/mol. The molecule has 0 aliphatic rings. The average Bonchev–Trinajstić information content (AvgIpc) is 2.59. The minimum absolute atomic E-state index is 0. The molecule has 0 aliphatic heterocycles. The van der Waals surface area contributed by atoms with E-state index in [2.05, 4.69) is 15.5 Å². The van der Waals surface area contributed by atoms with Crippen molar-refractivity contribution in [2.75, 3.05) is 14.2 Å². The van der Waals surface area contributed by atoms with Crippen molar-refractivity contribution in [3.8, 4) is 11.5 Å². The van der Waals surface area contributed by atoms with Gasteiger partial charge in [0.05, 0.1) is 19.8 Å². The summed E-state index contributed by atoms with van der Waals surface area (Å²) in [6.45, 7) is 0. The molecule has 10 heteroatoms. The number of benzene rings is 2. The molecule has 0 atom stereocenters. The van der Waals surface area contributed by atoms with Crippen LogP contribution in [0.4, 0.5) is 0 Å². The number of methoxy groups -OCH3 is 2. The Balaban J connectivity index is 0.00000338. The first kappa shape index (κ1) is 22.1. The number of esters is 2. The van der Waals surface area contributed by atoms with Crippen molar-refractivity contribution in [1.29, 1.82) is 0 Å². The van der Waals surface area contributed by atoms with Crippen LogP contribution in [-0.4, -0.2) is 39.1 Å². The van der Waals surface area contributed by atoms with E-state index in [0.29, 0.717) is 0 Å². The van der Waals surface area contributed by atoms with Crippen molar-refractivity contribution in [1.82, 2.24) is 0 Å². The molecule has 0 aromatic heterocycles. The van der Waals surface area contributed by atoms with Gasteiger partial charge in [-0.2, -0.15) is 18.2 Å². The quantitative estimate of drug-likeness (QED) is 0.303. The van der Waals surface area contributed by atoms with Gasteiger partial charge in [0.2, 0.25) is 10.1 Å². The van der Waals surface area contributed by atoms with E-state index in [9.17, 15) is 22.6 Å². The Labute approximate surface area is 172 Å². The van der Waals surface area contributed by atoms with Crippen LogP contribution in [0, 0.1) is 6.07 Å². The molecule has 0 saturated carbocycles. The van der Waals surface area contributed by atoms with E-state index in [4.69, 9.17) is 4.74 Å². The van der Waals surface area contributed by atoms with E-state index in [0.717, 1.165) is 13.2 Å². The van der Waals surface area contributed by atoms with Crippen LogP contribution in [0.15, 0.2) is 41.3 Å². The van der Waals surface area contributed by atoms with E-state index in [1.165, 1.54) is 37.4 Å². The number of hydrogen-bond acceptors (Lipinski definition) is 7. The molecule has 0 aliphatic carbocycles. The molecule has 2 aromatic carbocycles. The molecular formula is C16H13NaO8S. The molecule has 0 amide bonds. The summed E-state index contributed by atoms with van der Waals surface area (Å²) in [4.78, 5) is 23.0. The first-order valence-corrected chi connectivity index (χ1v) is 8.18. The second-order valence-electron chi connectivity index (χ2n) is 4.64. The van der Waals surface area contributed by atoms with Crippen LogP contribution >= 0.6 is 0 Å². The van der Waals surface area contributed by atoms with Crippen molar-refractivity contribution in [2.45, 2.75) is 4.90 Å². The van der Waals surface area contributed by atoms with Crippen molar-refractivity contribution in [3.05, 3.63) is 53.6 Å². The van der Waals surface area contributed by atoms with Crippen LogP contribution in [0.3, 0.4) is 0 Å². The molecule has 0 fully saturated rings. The van der Waals surface area contributed by atoms with E-state index < -0.39 is 27.0 Å². The van der Waals surface area contributed by atoms with Gasteiger partial charge in [-0.15, -0.1) is 6.07 Å². The monoisotopic (exact) mass is 388 g/mol. The molecule has 8 nitrogen and oxygen atoms in total. The molecule has 26 heavy (non-hydrogen) atoms. The van der Waals surface area contributed by atoms with Gasteiger partial charge < -0.3 is 14.2 Å². The van der Waals surface area contributed by atoms with Gasteiger partial charge in [-0.3, -0.25) is 4.55 Å². The van der Waals surface area contributed by atoms with Crippen LogP contribution in [-0.2, 0) is 19.6 Å². The fourth-order valence-corrected chi connectivity index (χ4v) is 2.52. The van der Waals surface area contributed by atoms with E-state index in [-0.39, 0.29) is 52.2 Å². The first-order chi connectivity index (χ1) is 11.8. The van der Waals surface area contributed by atoms with E-state index >= 15 is 0 Å². The number of hydrogen-bond donors (Lipinski definition) is 1. The van der Waals surface area contributed by atoms with Crippen LogP contribution in [0.5, 0.6) is 11.5 Å². The second-order valence-corrected chi connectivity index (χ2v) is 6.03. The summed E-state index contributed by atoms with van der Waals surface area (Å²) in [5, 5.41) is 0. The van der Waals surface area contributed by atoms with Gasteiger partial charge in [0.25, 0.3) is 0 Å². The summed E-state index contributed by atoms with van der Waals surface area (Å²) >= 11 is 0. The normalized spacial score (nSPS) is 10.4. The molecule has 0 saturated heterocycles. The summed E-state index contributed by atoms with van der Waals surface area (Å²) in [6.07, 6.45) is 0. The molecule has 0 spiro atoms. The van der Waals surface area contributed by atoms with Gasteiger partial charge in [0, 0.05) is 10.6 Å². The molecule has 0 radical (unpaired) electrons. The van der Waals surface area contributed by atoms with Crippen molar-refractivity contribution < 1.29 is 66.3 Å². The summed E-state index contributed by atoms with van der Waals surface area (Å²) in [7, 11) is -2.25. The van der Waals surface area contributed by atoms with Gasteiger partial charge in [0.1, 0.15) is 11.3 Å². The second kappa shape index (κ2) is 9.15. The molecule has 0 unspecified atom stereocenters. The number of carbonyl (C=O) groups is 2. The van der Waals surface area contributed by atoms with Gasteiger partial charge in [-0.25, -0.2) is 18.0 Å². The standard InChI is InChI=1S/C16H13O8S.Na/c1-22-15(17)10-7-8-11(16(18)23-2)13(9-10)24-12-5-3-4-6-14(12)25(19,20)21;/h3,5-9H,1-2H3,(H,19,20,21);/q-1;+1. The average molecular weight is 388 g/mol. The van der Waals surface area contributed by atoms with E-state index in [1.807, 2.05) is 0 Å². The zero-order valence-corrected chi connectivity index (χ0v) is 17.0. The fraction of sp³-hybridized carbons (Fsp3) is 0.125. The van der Waals surface area contributed by atoms with Crippen molar-refractivity contribution in [2.24, 2.45) is 0 Å². The van der Waals surface area contributed by atoms with Crippen molar-refractivity contribution in [3.63, 3.8) is 0 Å². The Kier molecular flexibility index (Phi) is 7.79. The van der Waals surface area contributed by atoms with E-state index in [1.54, 1.807) is 0 Å². The number of ether oxygens (including phenoxy) is 3. The maximum absolute atomic E-state index is 11.9. The zero-order valence-electron chi connectivity index (χ0n) is 14.2. The van der Waals surface area contributed by atoms with Crippen molar-refractivity contribution >= 4 is 22.1 Å². The topological polar surface area (TPSA) is 116 Å². The Hall–Kier alpha value is -1.91. The van der Waals surface area contributed by atoms with Crippen LogP contribution in [0.2, 0.25) is 0 Å². The third kappa shape index (κ3) is 5.05. The molecule has 0 bridgehead atoms. The molecular weight excluding hydrogens is 375 g/mol. The molecule has 132 valence electrons. The van der Waals surface area contributed by atoms with Gasteiger partial charge in [-0.1, -0.05) is 0 Å². The Morgan fingerprint density at radius 1 is 1.04 bits per heavy atom. The SMILES string of the molecule is COC(=O)c1ccc(C(=O)OC)c(Oc2cc[c-]cc2S(=O)(=O)O)c1.[Na+]. The first-order valence-electron chi connectivity index (χ1n) is 6.74. The predicted octanol–water partition coefficient (Wildman–Crippen LogP) is -0.897. The van der Waals surface area contributed by atoms with Crippen LogP contribution in [0.1, 0.15) is 20.7 Å². The minimum atomic E-state index is -4.59. The third-order valence-electron chi connectivity index (χ3n) is 3.09. The summed E-state index contributed by atoms with van der Waals surface area (Å²) in [5.41, 5.74) is 0.0188. The maximum Gasteiger partial charge on any atom is 1.00 e. The Morgan fingerprint density at radius 2 is 1.69 bits per heavy atom. The molecule has 2 rings (SSSR count). The smallest absolute Gasteiger partial charge is 0.481 e. The fourth-order valence-electron chi connectivity index (χ4n) is 1.94. The number of rotatable bonds is 5. The third-order valence-corrected chi connectivity index (χ3v) is 3.97. The zero-order chi connectivity index (χ0) is 18.6. The maximum atomic E-state index is 11.9. The molecule has 0 heterocycles. The summed E-state index contributed by atoms with van der Waals surface area (Å²) < 4.78 is 46.8. The van der Waals surface area contributed by atoms with Crippen LogP contribution < -0.4 is 34.3 Å². The summed E-state index contributed by atoms with van der Waals surface area (Å²) in [5.74, 6) is -1.85.